The molecule has 0 radical (unpaired) electrons. The Balaban J connectivity index is 1.19. The van der Waals surface area contributed by atoms with Crippen molar-refractivity contribution in [1.29, 1.82) is 0 Å². The third-order valence-corrected chi connectivity index (χ3v) is 9.56. The van der Waals surface area contributed by atoms with Crippen LogP contribution >= 0.6 is 0 Å². The summed E-state index contributed by atoms with van der Waals surface area (Å²) in [6.07, 6.45) is 5.62. The van der Waals surface area contributed by atoms with Crippen molar-refractivity contribution in [2.24, 2.45) is 0 Å². The average Bonchev–Trinajstić information content (AvgIpc) is 3.19. The summed E-state index contributed by atoms with van der Waals surface area (Å²) in [6, 6.07) is 62.9. The van der Waals surface area contributed by atoms with Crippen LogP contribution in [-0.4, -0.2) is 7.11 Å². The molecule has 236 valence electrons. The first-order valence-corrected chi connectivity index (χ1v) is 16.9. The van der Waals surface area contributed by atoms with Crippen molar-refractivity contribution < 1.29 is 4.74 Å². The van der Waals surface area contributed by atoms with Gasteiger partial charge in [0.1, 0.15) is 5.75 Å². The number of hydrogen-bond acceptors (Lipinski definition) is 2. The zero-order valence-corrected chi connectivity index (χ0v) is 27.5. The average molecular weight is 632 g/mol. The van der Waals surface area contributed by atoms with Gasteiger partial charge in [0.15, 0.2) is 0 Å². The molecule has 49 heavy (non-hydrogen) atoms. The normalized spacial score (nSPS) is 13.4. The smallest absolute Gasteiger partial charge is 0.126 e. The lowest BCUT2D eigenvalue weighted by Gasteiger charge is -2.26. The van der Waals surface area contributed by atoms with E-state index in [4.69, 9.17) is 4.74 Å². The van der Waals surface area contributed by atoms with Crippen molar-refractivity contribution in [3.63, 3.8) is 0 Å². The third kappa shape index (κ3) is 6.17. The molecule has 7 aromatic rings. The number of nitrogens with zero attached hydrogens (tertiary/aromatic N) is 1. The molecule has 0 aliphatic heterocycles. The Hall–Kier alpha value is -6.12. The largest absolute Gasteiger partial charge is 0.496 e. The zero-order chi connectivity index (χ0) is 33.0. The van der Waals surface area contributed by atoms with Crippen LogP contribution in [0.15, 0.2) is 182 Å². The number of methoxy groups -OCH3 is 1. The van der Waals surface area contributed by atoms with Crippen molar-refractivity contribution in [2.75, 3.05) is 12.0 Å². The highest BCUT2D eigenvalue weighted by atomic mass is 16.5. The van der Waals surface area contributed by atoms with Crippen molar-refractivity contribution in [2.45, 2.75) is 12.3 Å². The highest BCUT2D eigenvalue weighted by Crippen LogP contribution is 2.42. The fourth-order valence-corrected chi connectivity index (χ4v) is 7.05. The van der Waals surface area contributed by atoms with Gasteiger partial charge < -0.3 is 9.64 Å². The highest BCUT2D eigenvalue weighted by Gasteiger charge is 2.21. The minimum atomic E-state index is 0.253. The van der Waals surface area contributed by atoms with Crippen molar-refractivity contribution in [3.8, 4) is 39.1 Å². The monoisotopic (exact) mass is 631 g/mol. The summed E-state index contributed by atoms with van der Waals surface area (Å²) in [6.45, 7) is 0. The van der Waals surface area contributed by atoms with Crippen LogP contribution in [0.5, 0.6) is 5.75 Å². The molecule has 2 nitrogen and oxygen atoms in total. The lowest BCUT2D eigenvalue weighted by molar-refractivity contribution is 0.416. The lowest BCUT2D eigenvalue weighted by atomic mass is 9.81. The van der Waals surface area contributed by atoms with Gasteiger partial charge in [0.05, 0.1) is 7.11 Å². The molecule has 0 aromatic heterocycles. The van der Waals surface area contributed by atoms with E-state index in [1.807, 2.05) is 12.1 Å². The molecule has 0 bridgehead atoms. The van der Waals surface area contributed by atoms with Crippen LogP contribution in [0, 0.1) is 0 Å². The van der Waals surface area contributed by atoms with Crippen LogP contribution in [0.25, 0.3) is 39.5 Å². The third-order valence-electron chi connectivity index (χ3n) is 9.56. The summed E-state index contributed by atoms with van der Waals surface area (Å²) >= 11 is 0. The second kappa shape index (κ2) is 13.5. The second-order valence-electron chi connectivity index (χ2n) is 12.5. The van der Waals surface area contributed by atoms with E-state index in [0.717, 1.165) is 40.4 Å². The van der Waals surface area contributed by atoms with E-state index in [0.29, 0.717) is 0 Å². The molecule has 1 aliphatic rings. The first-order chi connectivity index (χ1) is 24.2. The molecule has 0 spiro atoms. The number of fused-ring (bicyclic) bond motifs is 1. The standard InChI is InChI=1S/C47H37NO/c1-49-47-19-11-10-18-45(47)40-26-31-44(46(33-40)39-21-20-35-14-8-9-15-38(35)32-39)37-24-29-43(30-25-37)48(41-16-6-3-7-17-41)42-27-22-36(23-28-42)34-12-4-2-5-13-34/h2-31,33,39H,32H2,1H3. The van der Waals surface area contributed by atoms with E-state index >= 15 is 0 Å². The van der Waals surface area contributed by atoms with E-state index in [9.17, 15) is 0 Å². The number of rotatable bonds is 8. The number of para-hydroxylation sites is 2. The second-order valence-corrected chi connectivity index (χ2v) is 12.5. The fourth-order valence-electron chi connectivity index (χ4n) is 7.05. The van der Waals surface area contributed by atoms with Crippen LogP contribution in [0.4, 0.5) is 17.1 Å². The molecule has 2 heteroatoms. The van der Waals surface area contributed by atoms with Gasteiger partial charge >= 0.3 is 0 Å². The Morgan fingerprint density at radius 1 is 0.490 bits per heavy atom. The Kier molecular flexibility index (Phi) is 8.36. The number of anilines is 3. The van der Waals surface area contributed by atoms with E-state index in [2.05, 4.69) is 181 Å². The predicted octanol–water partition coefficient (Wildman–Crippen LogP) is 12.5. The van der Waals surface area contributed by atoms with Gasteiger partial charge in [0, 0.05) is 28.5 Å². The van der Waals surface area contributed by atoms with Crippen LogP contribution in [0.1, 0.15) is 22.6 Å². The zero-order valence-electron chi connectivity index (χ0n) is 27.5. The van der Waals surface area contributed by atoms with Gasteiger partial charge in [0.25, 0.3) is 0 Å². The van der Waals surface area contributed by atoms with E-state index in [1.165, 1.54) is 38.9 Å². The summed E-state index contributed by atoms with van der Waals surface area (Å²) in [7, 11) is 1.74. The van der Waals surface area contributed by atoms with Crippen molar-refractivity contribution in [3.05, 3.63) is 199 Å². The maximum Gasteiger partial charge on any atom is 0.126 e. The summed E-state index contributed by atoms with van der Waals surface area (Å²) < 4.78 is 5.77. The Morgan fingerprint density at radius 3 is 1.80 bits per heavy atom. The molecule has 1 unspecified atom stereocenters. The molecule has 0 fully saturated rings. The lowest BCUT2D eigenvalue weighted by Crippen LogP contribution is -2.10. The number of benzene rings is 7. The molecular weight excluding hydrogens is 595 g/mol. The van der Waals surface area contributed by atoms with Gasteiger partial charge in [-0.25, -0.2) is 0 Å². The molecule has 1 aliphatic carbocycles. The molecule has 7 aromatic carbocycles. The first-order valence-electron chi connectivity index (χ1n) is 16.9. The fraction of sp³-hybridized carbons (Fsp3) is 0.0638. The molecular formula is C47H37NO. The topological polar surface area (TPSA) is 12.5 Å². The summed E-state index contributed by atoms with van der Waals surface area (Å²) in [5.41, 5.74) is 14.5. The van der Waals surface area contributed by atoms with Gasteiger partial charge in [-0.15, -0.1) is 0 Å². The predicted molar refractivity (Wildman–Crippen MR) is 206 cm³/mol. The minimum Gasteiger partial charge on any atom is -0.496 e. The summed E-state index contributed by atoms with van der Waals surface area (Å²) in [4.78, 5) is 2.32. The van der Waals surface area contributed by atoms with Crippen LogP contribution in [-0.2, 0) is 6.42 Å². The summed E-state index contributed by atoms with van der Waals surface area (Å²) in [5.74, 6) is 1.14. The van der Waals surface area contributed by atoms with Crippen LogP contribution in [0.2, 0.25) is 0 Å². The Morgan fingerprint density at radius 2 is 1.06 bits per heavy atom. The van der Waals surface area contributed by atoms with Gasteiger partial charge in [-0.05, 0) is 99.5 Å². The first kappa shape index (κ1) is 30.2. The Labute approximate surface area is 289 Å². The van der Waals surface area contributed by atoms with E-state index < -0.39 is 0 Å². The van der Waals surface area contributed by atoms with Gasteiger partial charge in [-0.1, -0.05) is 140 Å². The highest BCUT2D eigenvalue weighted by molar-refractivity contribution is 5.82. The van der Waals surface area contributed by atoms with Gasteiger partial charge in [0.2, 0.25) is 0 Å². The number of hydrogen-bond donors (Lipinski definition) is 0. The Bertz CT molecular complexity index is 2220. The number of allylic oxidation sites excluding steroid dienone is 1. The maximum absolute atomic E-state index is 5.77. The minimum absolute atomic E-state index is 0.253. The van der Waals surface area contributed by atoms with E-state index in [1.54, 1.807) is 7.11 Å². The maximum atomic E-state index is 5.77. The van der Waals surface area contributed by atoms with Crippen LogP contribution in [0.3, 0.4) is 0 Å². The molecule has 8 rings (SSSR count). The molecule has 0 N–H and O–H groups in total. The summed E-state index contributed by atoms with van der Waals surface area (Å²) in [5, 5.41) is 0. The van der Waals surface area contributed by atoms with E-state index in [-0.39, 0.29) is 5.92 Å². The SMILES string of the molecule is COc1ccccc1-c1ccc(-c2ccc(N(c3ccccc3)c3ccc(-c4ccccc4)cc3)cc2)c(C2C=Cc3ccccc3C2)c1. The molecule has 1 atom stereocenters. The quantitative estimate of drug-likeness (QED) is 0.165. The van der Waals surface area contributed by atoms with Crippen molar-refractivity contribution >= 4 is 23.1 Å². The van der Waals surface area contributed by atoms with Gasteiger partial charge in [-0.3, -0.25) is 0 Å². The van der Waals surface area contributed by atoms with Crippen molar-refractivity contribution in [1.82, 2.24) is 0 Å². The molecule has 0 amide bonds. The molecule has 0 heterocycles. The molecule has 0 saturated carbocycles. The van der Waals surface area contributed by atoms with Gasteiger partial charge in [-0.2, -0.15) is 0 Å². The number of ether oxygens (including phenoxy) is 1. The molecule has 0 saturated heterocycles. The van der Waals surface area contributed by atoms with Crippen LogP contribution < -0.4 is 9.64 Å².